The van der Waals surface area contributed by atoms with Crippen LogP contribution in [0.2, 0.25) is 0 Å². The lowest BCUT2D eigenvalue weighted by molar-refractivity contribution is 0.0739. The first kappa shape index (κ1) is 39.5. The van der Waals surface area contributed by atoms with E-state index in [0.717, 1.165) is 93.9 Å². The Morgan fingerprint density at radius 3 is 1.46 bits per heavy atom. The zero-order valence-electron chi connectivity index (χ0n) is 34.0. The number of fused-ring (bicyclic) bond motifs is 1. The highest BCUT2D eigenvalue weighted by atomic mass is 16.2. The molecule has 2 saturated heterocycles. The second-order valence-corrected chi connectivity index (χ2v) is 15.9. The third kappa shape index (κ3) is 10.2. The fraction of sp³-hybridized carbons (Fsp3) is 0.294. The zero-order valence-corrected chi connectivity index (χ0v) is 34.0. The summed E-state index contributed by atoms with van der Waals surface area (Å²) in [5.74, 6) is 1.07. The Morgan fingerprint density at radius 1 is 0.475 bits per heavy atom. The molecule has 6 aromatic carbocycles. The number of nitrogens with one attached hydrogen (secondary N) is 2. The largest absolute Gasteiger partial charge is 0.385 e. The molecule has 0 aromatic heterocycles. The molecule has 59 heavy (non-hydrogen) atoms. The van der Waals surface area contributed by atoms with Crippen molar-refractivity contribution in [3.05, 3.63) is 168 Å². The minimum absolute atomic E-state index is 0.110. The lowest BCUT2D eigenvalue weighted by Crippen LogP contribution is -2.48. The Hall–Kier alpha value is -6.28. The van der Waals surface area contributed by atoms with Gasteiger partial charge in [-0.3, -0.25) is 9.59 Å². The van der Waals surface area contributed by atoms with E-state index < -0.39 is 0 Å². The molecule has 0 spiro atoms. The third-order valence-corrected chi connectivity index (χ3v) is 12.1. The maximum Gasteiger partial charge on any atom is 0.253 e. The molecule has 3 fully saturated rings. The van der Waals surface area contributed by atoms with Crippen LogP contribution in [-0.2, 0) is 6.54 Å². The minimum atomic E-state index is 0.110. The second kappa shape index (κ2) is 19.4. The van der Waals surface area contributed by atoms with Gasteiger partial charge in [0.25, 0.3) is 11.8 Å². The molecule has 1 aliphatic carbocycles. The molecule has 9 rings (SSSR count). The van der Waals surface area contributed by atoms with Gasteiger partial charge in [0, 0.05) is 99.3 Å². The molecule has 0 atom stereocenters. The van der Waals surface area contributed by atoms with Crippen molar-refractivity contribution in [2.45, 2.75) is 32.2 Å². The number of benzene rings is 6. The Labute approximate surface area is 349 Å². The molecular weight excluding hydrogens is 729 g/mol. The van der Waals surface area contributed by atoms with E-state index in [1.54, 1.807) is 0 Å². The quantitative estimate of drug-likeness (QED) is 0.144. The molecule has 0 bridgehead atoms. The van der Waals surface area contributed by atoms with Crippen LogP contribution in [-0.4, -0.2) is 80.5 Å². The predicted molar refractivity (Wildman–Crippen MR) is 244 cm³/mol. The topological polar surface area (TPSA) is 71.2 Å². The van der Waals surface area contributed by atoms with Gasteiger partial charge >= 0.3 is 0 Å². The normalized spacial score (nSPS) is 15.7. The van der Waals surface area contributed by atoms with E-state index in [9.17, 15) is 9.59 Å². The smallest absolute Gasteiger partial charge is 0.253 e. The van der Waals surface area contributed by atoms with Gasteiger partial charge in [0.1, 0.15) is 0 Å². The number of carbonyl (C=O) groups excluding carboxylic acids is 2. The maximum atomic E-state index is 13.0. The lowest BCUT2D eigenvalue weighted by Gasteiger charge is -2.36. The molecule has 302 valence electrons. The van der Waals surface area contributed by atoms with Crippen LogP contribution in [0.25, 0.3) is 10.8 Å². The summed E-state index contributed by atoms with van der Waals surface area (Å²) in [7, 11) is 0. The van der Waals surface area contributed by atoms with Crippen LogP contribution in [0.5, 0.6) is 0 Å². The number of rotatable bonds is 10. The first-order valence-corrected chi connectivity index (χ1v) is 21.4. The van der Waals surface area contributed by atoms with Gasteiger partial charge in [-0.1, -0.05) is 91.7 Å². The monoisotopic (exact) mass is 784 g/mol. The number of amides is 2. The molecular formula is C51H56N6O2. The van der Waals surface area contributed by atoms with Gasteiger partial charge in [0.15, 0.2) is 0 Å². The van der Waals surface area contributed by atoms with E-state index in [1.165, 1.54) is 53.4 Å². The fourth-order valence-corrected chi connectivity index (χ4v) is 8.56. The van der Waals surface area contributed by atoms with Gasteiger partial charge in [-0.2, -0.15) is 0 Å². The summed E-state index contributed by atoms with van der Waals surface area (Å²) < 4.78 is 0. The second-order valence-electron chi connectivity index (χ2n) is 15.9. The van der Waals surface area contributed by atoms with Gasteiger partial charge in [-0.15, -0.1) is 0 Å². The Morgan fingerprint density at radius 2 is 0.932 bits per heavy atom. The zero-order chi connectivity index (χ0) is 40.2. The highest BCUT2D eigenvalue weighted by Crippen LogP contribution is 2.26. The van der Waals surface area contributed by atoms with Crippen LogP contribution in [0.15, 0.2) is 152 Å². The molecule has 0 unspecified atom stereocenters. The molecule has 1 saturated carbocycles. The van der Waals surface area contributed by atoms with Crippen molar-refractivity contribution >= 4 is 45.3 Å². The molecule has 3 aliphatic rings. The van der Waals surface area contributed by atoms with Gasteiger partial charge < -0.3 is 30.2 Å². The minimum Gasteiger partial charge on any atom is -0.385 e. The van der Waals surface area contributed by atoms with E-state index in [2.05, 4.69) is 111 Å². The van der Waals surface area contributed by atoms with E-state index >= 15 is 0 Å². The summed E-state index contributed by atoms with van der Waals surface area (Å²) in [6.45, 7) is 8.33. The summed E-state index contributed by atoms with van der Waals surface area (Å²) in [5.41, 5.74) is 7.39. The summed E-state index contributed by atoms with van der Waals surface area (Å²) >= 11 is 0. The summed E-state index contributed by atoms with van der Waals surface area (Å²) in [5, 5.41) is 9.53. The first-order valence-electron chi connectivity index (χ1n) is 21.4. The van der Waals surface area contributed by atoms with E-state index in [1.807, 2.05) is 70.5 Å². The Kier molecular flexibility index (Phi) is 13.0. The van der Waals surface area contributed by atoms with Crippen molar-refractivity contribution in [1.29, 1.82) is 0 Å². The van der Waals surface area contributed by atoms with Crippen LogP contribution >= 0.6 is 0 Å². The highest BCUT2D eigenvalue weighted by molar-refractivity contribution is 5.95. The van der Waals surface area contributed by atoms with E-state index in [-0.39, 0.29) is 11.8 Å². The first-order chi connectivity index (χ1) is 29.1. The molecule has 2 heterocycles. The summed E-state index contributed by atoms with van der Waals surface area (Å²) in [6.07, 6.45) is 5.44. The fourth-order valence-electron chi connectivity index (χ4n) is 8.56. The molecule has 2 N–H and O–H groups in total. The van der Waals surface area contributed by atoms with Crippen molar-refractivity contribution in [3.8, 4) is 0 Å². The number of piperazine rings is 2. The average molecular weight is 785 g/mol. The van der Waals surface area contributed by atoms with E-state index in [4.69, 9.17) is 0 Å². The van der Waals surface area contributed by atoms with Crippen LogP contribution in [0.1, 0.15) is 52.0 Å². The molecule has 6 aromatic rings. The average Bonchev–Trinajstić information content (AvgIpc) is 3.85. The lowest BCUT2D eigenvalue weighted by atomic mass is 10.0. The number of para-hydroxylation sites is 2. The Bertz CT molecular complexity index is 2240. The van der Waals surface area contributed by atoms with Crippen molar-refractivity contribution in [2.75, 3.05) is 79.3 Å². The van der Waals surface area contributed by atoms with Crippen LogP contribution in [0, 0.1) is 5.92 Å². The standard InChI is InChI=1S/C28H27N3O.C23H29N3O/c32-28(31-19-17-30(18-20-31)26-10-2-1-3-11-26)23-13-15-25(16-14-23)29-21-24-9-6-8-22-7-4-5-12-27(22)24;27-23(26-16-14-25(15-17-26)22-8-2-1-3-9-22)20-10-12-21(13-11-20)24-18-19-6-4-5-7-19/h1-16,29H,17-21H2;1-3,8-13,19,24H,4-7,14-18H2. The van der Waals surface area contributed by atoms with Crippen LogP contribution in [0.4, 0.5) is 22.7 Å². The van der Waals surface area contributed by atoms with Crippen molar-refractivity contribution in [1.82, 2.24) is 9.80 Å². The van der Waals surface area contributed by atoms with Gasteiger partial charge in [-0.05, 0) is 108 Å². The predicted octanol–water partition coefficient (Wildman–Crippen LogP) is 9.67. The Balaban J connectivity index is 0.000000167. The molecule has 0 radical (unpaired) electrons. The highest BCUT2D eigenvalue weighted by Gasteiger charge is 2.24. The SMILES string of the molecule is O=C(c1ccc(NCC2CCCC2)cc1)N1CCN(c2ccccc2)CC1.O=C(c1ccc(NCc2cccc3ccccc23)cc1)N1CCN(c2ccccc2)CC1. The van der Waals surface area contributed by atoms with Crippen LogP contribution in [0.3, 0.4) is 0 Å². The number of anilines is 4. The summed E-state index contributed by atoms with van der Waals surface area (Å²) in [6, 6.07) is 51.5. The third-order valence-electron chi connectivity index (χ3n) is 12.1. The van der Waals surface area contributed by atoms with Crippen molar-refractivity contribution in [2.24, 2.45) is 5.92 Å². The van der Waals surface area contributed by atoms with Crippen molar-refractivity contribution in [3.63, 3.8) is 0 Å². The number of carbonyl (C=O) groups is 2. The number of hydrogen-bond acceptors (Lipinski definition) is 6. The molecule has 2 amide bonds. The van der Waals surface area contributed by atoms with Gasteiger partial charge in [0.2, 0.25) is 0 Å². The number of hydrogen-bond donors (Lipinski definition) is 2. The van der Waals surface area contributed by atoms with Crippen LogP contribution < -0.4 is 20.4 Å². The van der Waals surface area contributed by atoms with E-state index in [0.29, 0.717) is 0 Å². The molecule has 8 heteroatoms. The molecule has 2 aliphatic heterocycles. The summed E-state index contributed by atoms with van der Waals surface area (Å²) in [4.78, 5) is 34.4. The van der Waals surface area contributed by atoms with Gasteiger partial charge in [0.05, 0.1) is 0 Å². The molecule has 8 nitrogen and oxygen atoms in total. The van der Waals surface area contributed by atoms with Gasteiger partial charge in [-0.25, -0.2) is 0 Å². The van der Waals surface area contributed by atoms with Crippen molar-refractivity contribution < 1.29 is 9.59 Å². The maximum absolute atomic E-state index is 13.0. The number of nitrogens with zero attached hydrogens (tertiary/aromatic N) is 4.